The fraction of sp³-hybridized carbons (Fsp3) is 0.227. The van der Waals surface area contributed by atoms with Crippen molar-refractivity contribution in [3.63, 3.8) is 0 Å². The van der Waals surface area contributed by atoms with Gasteiger partial charge < -0.3 is 4.90 Å². The summed E-state index contributed by atoms with van der Waals surface area (Å²) in [7, 11) is -4.14. The predicted octanol–water partition coefficient (Wildman–Crippen LogP) is 3.90. The lowest BCUT2D eigenvalue weighted by molar-refractivity contribution is -0.191. The molecule has 1 saturated heterocycles. The molecule has 1 aliphatic heterocycles. The molecular formula is C22H19F3N4O4S. The van der Waals surface area contributed by atoms with Crippen LogP contribution in [0.15, 0.2) is 59.6 Å². The van der Waals surface area contributed by atoms with Crippen LogP contribution in [0.1, 0.15) is 17.5 Å². The predicted molar refractivity (Wildman–Crippen MR) is 116 cm³/mol. The van der Waals surface area contributed by atoms with E-state index in [0.717, 1.165) is 31.6 Å². The number of hydrogen-bond acceptors (Lipinski definition) is 7. The maximum atomic E-state index is 13.6. The molecule has 0 radical (unpaired) electrons. The minimum Gasteiger partial charge on any atom is -0.356 e. The van der Waals surface area contributed by atoms with Gasteiger partial charge in [-0.15, -0.1) is 0 Å². The number of sulfonamides is 1. The average molecular weight is 492 g/mol. The third-order valence-corrected chi connectivity index (χ3v) is 6.26. The molecule has 3 heterocycles. The van der Waals surface area contributed by atoms with Crippen molar-refractivity contribution in [1.82, 2.24) is 9.97 Å². The van der Waals surface area contributed by atoms with Crippen molar-refractivity contribution in [2.45, 2.75) is 24.5 Å². The molecule has 34 heavy (non-hydrogen) atoms. The van der Waals surface area contributed by atoms with Crippen LogP contribution in [-0.4, -0.2) is 37.6 Å². The molecule has 0 unspecified atom stereocenters. The molecule has 1 aliphatic rings. The SMILES string of the molecule is Cc1ccccc1-c1nc(NS(=O)(=O)c2cccc(N3CCC3)n2)ccc1C(F)(F)F.O=C=O. The minimum absolute atomic E-state index is 0.220. The van der Waals surface area contributed by atoms with Crippen molar-refractivity contribution in [2.75, 3.05) is 22.7 Å². The zero-order valence-corrected chi connectivity index (χ0v) is 18.7. The maximum absolute atomic E-state index is 13.6. The summed E-state index contributed by atoms with van der Waals surface area (Å²) in [6, 6.07) is 12.9. The first kappa shape index (κ1) is 24.9. The van der Waals surface area contributed by atoms with Gasteiger partial charge in [0.1, 0.15) is 11.6 Å². The summed E-state index contributed by atoms with van der Waals surface area (Å²) in [6.45, 7) is 3.26. The zero-order valence-electron chi connectivity index (χ0n) is 17.8. The lowest BCUT2D eigenvalue weighted by atomic mass is 10.0. The summed E-state index contributed by atoms with van der Waals surface area (Å²) in [5, 5.41) is -0.226. The van der Waals surface area contributed by atoms with Gasteiger partial charge in [-0.05, 0) is 43.2 Å². The van der Waals surface area contributed by atoms with Gasteiger partial charge in [0.25, 0.3) is 10.0 Å². The van der Waals surface area contributed by atoms with E-state index in [1.165, 1.54) is 12.1 Å². The molecule has 0 saturated carbocycles. The Balaban J connectivity index is 0.00000103. The molecule has 178 valence electrons. The number of aromatic nitrogens is 2. The number of benzene rings is 1. The highest BCUT2D eigenvalue weighted by molar-refractivity contribution is 7.92. The molecular weight excluding hydrogens is 473 g/mol. The van der Waals surface area contributed by atoms with E-state index in [4.69, 9.17) is 9.59 Å². The molecule has 8 nitrogen and oxygen atoms in total. The van der Waals surface area contributed by atoms with Crippen LogP contribution in [0.3, 0.4) is 0 Å². The van der Waals surface area contributed by atoms with Crippen molar-refractivity contribution in [3.8, 4) is 11.3 Å². The highest BCUT2D eigenvalue weighted by Gasteiger charge is 2.35. The van der Waals surface area contributed by atoms with Gasteiger partial charge in [0.2, 0.25) is 0 Å². The number of anilines is 2. The molecule has 3 aromatic rings. The fourth-order valence-corrected chi connectivity index (χ4v) is 4.22. The molecule has 1 fully saturated rings. The van der Waals surface area contributed by atoms with Crippen molar-refractivity contribution in [2.24, 2.45) is 0 Å². The van der Waals surface area contributed by atoms with Crippen molar-refractivity contribution in [3.05, 3.63) is 65.7 Å². The van der Waals surface area contributed by atoms with Crippen LogP contribution in [0, 0.1) is 6.92 Å². The number of nitrogens with zero attached hydrogens (tertiary/aromatic N) is 3. The van der Waals surface area contributed by atoms with E-state index in [9.17, 15) is 21.6 Å². The van der Waals surface area contributed by atoms with Gasteiger partial charge in [-0.2, -0.15) is 31.2 Å². The quantitative estimate of drug-likeness (QED) is 0.575. The van der Waals surface area contributed by atoms with Gasteiger partial charge in [-0.1, -0.05) is 30.3 Å². The lowest BCUT2D eigenvalue weighted by Gasteiger charge is -2.32. The molecule has 1 aromatic carbocycles. The summed E-state index contributed by atoms with van der Waals surface area (Å²) in [6.07, 6.45) is -3.39. The van der Waals surface area contributed by atoms with E-state index in [1.807, 2.05) is 4.90 Å². The van der Waals surface area contributed by atoms with Crippen LogP contribution >= 0.6 is 0 Å². The Hall–Kier alpha value is -3.76. The maximum Gasteiger partial charge on any atom is 0.418 e. The minimum atomic E-state index is -4.64. The molecule has 2 aromatic heterocycles. The molecule has 0 spiro atoms. The highest BCUT2D eigenvalue weighted by Crippen LogP contribution is 2.38. The van der Waals surface area contributed by atoms with Crippen LogP contribution < -0.4 is 9.62 Å². The summed E-state index contributed by atoms with van der Waals surface area (Å²) in [4.78, 5) is 26.4. The second-order valence-corrected chi connectivity index (χ2v) is 8.90. The number of hydrogen-bond donors (Lipinski definition) is 1. The second kappa shape index (κ2) is 10.0. The number of pyridine rings is 2. The van der Waals surface area contributed by atoms with Crippen molar-refractivity contribution in [1.29, 1.82) is 0 Å². The molecule has 12 heteroatoms. The first-order valence-corrected chi connectivity index (χ1v) is 11.4. The monoisotopic (exact) mass is 492 g/mol. The van der Waals surface area contributed by atoms with Crippen LogP contribution in [-0.2, 0) is 25.8 Å². The van der Waals surface area contributed by atoms with E-state index >= 15 is 0 Å². The number of alkyl halides is 3. The Bertz CT molecular complexity index is 1320. The van der Waals surface area contributed by atoms with E-state index in [2.05, 4.69) is 14.7 Å². The lowest BCUT2D eigenvalue weighted by Crippen LogP contribution is -2.37. The number of halogens is 3. The number of aryl methyl sites for hydroxylation is 1. The van der Waals surface area contributed by atoms with E-state index in [-0.39, 0.29) is 28.3 Å². The summed E-state index contributed by atoms with van der Waals surface area (Å²) < 4.78 is 68.6. The molecule has 0 atom stereocenters. The standard InChI is InChI=1S/C21H19F3N4O2S.CO2/c1-14-6-2-3-7-15(14)20-16(21(22,23)24)10-11-17(25-20)27-31(29,30)19-9-4-8-18(26-19)28-12-5-13-28;2-1-3/h2-4,6-11H,5,12-13H2,1H3,(H,25,27);. The Morgan fingerprint density at radius 1 is 0.971 bits per heavy atom. The average Bonchev–Trinajstić information content (AvgIpc) is 2.72. The topological polar surface area (TPSA) is 109 Å². The van der Waals surface area contributed by atoms with Gasteiger partial charge >= 0.3 is 12.3 Å². The summed E-state index contributed by atoms with van der Waals surface area (Å²) in [5.41, 5.74) is -0.422. The normalized spacial score (nSPS) is 13.2. The van der Waals surface area contributed by atoms with Gasteiger partial charge in [0.15, 0.2) is 5.03 Å². The number of carbonyl (C=O) groups excluding carboxylic acids is 2. The zero-order chi connectivity index (χ0) is 24.9. The highest BCUT2D eigenvalue weighted by atomic mass is 32.2. The molecule has 1 N–H and O–H groups in total. The van der Waals surface area contributed by atoms with Crippen molar-refractivity contribution >= 4 is 27.8 Å². The smallest absolute Gasteiger partial charge is 0.356 e. The molecule has 0 aliphatic carbocycles. The first-order chi connectivity index (χ1) is 16.1. The van der Waals surface area contributed by atoms with Crippen LogP contribution in [0.2, 0.25) is 0 Å². The first-order valence-electron chi connectivity index (χ1n) is 9.95. The van der Waals surface area contributed by atoms with Gasteiger partial charge in [0.05, 0.1) is 11.3 Å². The molecule has 0 amide bonds. The third-order valence-electron chi connectivity index (χ3n) is 5.00. The largest absolute Gasteiger partial charge is 0.418 e. The van der Waals surface area contributed by atoms with Crippen LogP contribution in [0.25, 0.3) is 11.3 Å². The van der Waals surface area contributed by atoms with Gasteiger partial charge in [-0.3, -0.25) is 4.72 Å². The Morgan fingerprint density at radius 3 is 2.24 bits per heavy atom. The number of nitrogens with one attached hydrogen (secondary N) is 1. The third kappa shape index (κ3) is 5.59. The van der Waals surface area contributed by atoms with Crippen molar-refractivity contribution < 1.29 is 31.2 Å². The fourth-order valence-electron chi connectivity index (χ4n) is 3.25. The van der Waals surface area contributed by atoms with Crippen LogP contribution in [0.5, 0.6) is 0 Å². The van der Waals surface area contributed by atoms with Gasteiger partial charge in [-0.25, -0.2) is 9.97 Å². The van der Waals surface area contributed by atoms with Crippen LogP contribution in [0.4, 0.5) is 24.8 Å². The Kier molecular flexibility index (Phi) is 7.33. The van der Waals surface area contributed by atoms with E-state index in [0.29, 0.717) is 11.4 Å². The second-order valence-electron chi connectivity index (χ2n) is 7.27. The van der Waals surface area contributed by atoms with Gasteiger partial charge in [0, 0.05) is 18.7 Å². The number of rotatable bonds is 5. The van der Waals surface area contributed by atoms with E-state index < -0.39 is 21.8 Å². The molecule has 4 rings (SSSR count). The summed E-state index contributed by atoms with van der Waals surface area (Å²) >= 11 is 0. The summed E-state index contributed by atoms with van der Waals surface area (Å²) in [5.74, 6) is 0.317. The Morgan fingerprint density at radius 2 is 1.65 bits per heavy atom. The van der Waals surface area contributed by atoms with E-state index in [1.54, 1.807) is 37.3 Å². The molecule has 0 bridgehead atoms. The Labute approximate surface area is 193 Å².